The van der Waals surface area contributed by atoms with Crippen molar-refractivity contribution in [3.63, 3.8) is 0 Å². The third kappa shape index (κ3) is 4.46. The molecule has 1 N–H and O–H groups in total. The Bertz CT molecular complexity index is 458. The van der Waals surface area contributed by atoms with Gasteiger partial charge in [0.05, 0.1) is 6.61 Å². The SMILES string of the molecule is CCOC(=O)CCc1ccc(N2C[C@@H](C)NC[C@@H]2C)cc1. The number of piperazine rings is 1. The zero-order valence-electron chi connectivity index (χ0n) is 13.3. The van der Waals surface area contributed by atoms with E-state index in [1.165, 1.54) is 11.3 Å². The zero-order chi connectivity index (χ0) is 15.2. The van der Waals surface area contributed by atoms with Crippen molar-refractivity contribution >= 4 is 11.7 Å². The minimum atomic E-state index is -0.119. The molecule has 2 atom stereocenters. The first-order valence-corrected chi connectivity index (χ1v) is 7.84. The third-order valence-corrected chi connectivity index (χ3v) is 3.96. The maximum absolute atomic E-state index is 11.4. The fourth-order valence-corrected chi connectivity index (χ4v) is 2.72. The van der Waals surface area contributed by atoms with Gasteiger partial charge >= 0.3 is 5.97 Å². The molecule has 0 aromatic heterocycles. The molecule has 2 rings (SSSR count). The van der Waals surface area contributed by atoms with Crippen LogP contribution < -0.4 is 10.2 Å². The Kier molecular flexibility index (Phi) is 5.62. The van der Waals surface area contributed by atoms with Crippen molar-refractivity contribution in [1.29, 1.82) is 0 Å². The van der Waals surface area contributed by atoms with Gasteiger partial charge in [-0.3, -0.25) is 4.79 Å². The highest BCUT2D eigenvalue weighted by atomic mass is 16.5. The van der Waals surface area contributed by atoms with E-state index in [-0.39, 0.29) is 5.97 Å². The summed E-state index contributed by atoms with van der Waals surface area (Å²) in [6, 6.07) is 9.59. The molecule has 1 aromatic rings. The highest BCUT2D eigenvalue weighted by Gasteiger charge is 2.22. The highest BCUT2D eigenvalue weighted by Crippen LogP contribution is 2.21. The van der Waals surface area contributed by atoms with Gasteiger partial charge in [0, 0.05) is 37.3 Å². The first-order chi connectivity index (χ1) is 10.1. The lowest BCUT2D eigenvalue weighted by atomic mass is 10.1. The van der Waals surface area contributed by atoms with Gasteiger partial charge in [0.1, 0.15) is 0 Å². The van der Waals surface area contributed by atoms with Crippen molar-refractivity contribution in [3.8, 4) is 0 Å². The maximum atomic E-state index is 11.4. The molecule has 0 bridgehead atoms. The van der Waals surface area contributed by atoms with Crippen LogP contribution in [0, 0.1) is 0 Å². The minimum Gasteiger partial charge on any atom is -0.466 e. The summed E-state index contributed by atoms with van der Waals surface area (Å²) in [5.41, 5.74) is 2.44. The zero-order valence-corrected chi connectivity index (χ0v) is 13.3. The van der Waals surface area contributed by atoms with Crippen LogP contribution in [-0.4, -0.2) is 37.7 Å². The summed E-state index contributed by atoms with van der Waals surface area (Å²) in [7, 11) is 0. The molecule has 4 nitrogen and oxygen atoms in total. The minimum absolute atomic E-state index is 0.119. The Labute approximate surface area is 127 Å². The Morgan fingerprint density at radius 1 is 1.33 bits per heavy atom. The molecule has 1 fully saturated rings. The molecule has 21 heavy (non-hydrogen) atoms. The van der Waals surface area contributed by atoms with Gasteiger partial charge in [-0.05, 0) is 44.9 Å². The van der Waals surface area contributed by atoms with E-state index in [0.717, 1.165) is 19.5 Å². The van der Waals surface area contributed by atoms with Gasteiger partial charge in [0.2, 0.25) is 0 Å². The molecular weight excluding hydrogens is 264 g/mol. The molecule has 1 aliphatic rings. The van der Waals surface area contributed by atoms with Gasteiger partial charge in [-0.15, -0.1) is 0 Å². The second-order valence-electron chi connectivity index (χ2n) is 5.78. The number of aryl methyl sites for hydroxylation is 1. The number of benzene rings is 1. The summed E-state index contributed by atoms with van der Waals surface area (Å²) in [6.07, 6.45) is 1.20. The van der Waals surface area contributed by atoms with E-state index in [9.17, 15) is 4.79 Å². The number of carbonyl (C=O) groups excluding carboxylic acids is 1. The quantitative estimate of drug-likeness (QED) is 0.845. The van der Waals surface area contributed by atoms with E-state index in [1.54, 1.807) is 0 Å². The summed E-state index contributed by atoms with van der Waals surface area (Å²) < 4.78 is 4.95. The van der Waals surface area contributed by atoms with Crippen LogP contribution in [0.5, 0.6) is 0 Å². The number of ether oxygens (including phenoxy) is 1. The second-order valence-corrected chi connectivity index (χ2v) is 5.78. The van der Waals surface area contributed by atoms with E-state index < -0.39 is 0 Å². The molecule has 0 radical (unpaired) electrons. The summed E-state index contributed by atoms with van der Waals surface area (Å²) in [5, 5.41) is 3.49. The second kappa shape index (κ2) is 7.46. The molecule has 1 saturated heterocycles. The van der Waals surface area contributed by atoms with Crippen molar-refractivity contribution in [1.82, 2.24) is 5.32 Å². The van der Waals surface area contributed by atoms with Crippen molar-refractivity contribution in [2.24, 2.45) is 0 Å². The lowest BCUT2D eigenvalue weighted by Gasteiger charge is -2.39. The van der Waals surface area contributed by atoms with E-state index in [2.05, 4.69) is 48.3 Å². The molecule has 0 amide bonds. The molecule has 1 heterocycles. The smallest absolute Gasteiger partial charge is 0.306 e. The predicted octanol–water partition coefficient (Wildman–Crippen LogP) is 2.37. The fourth-order valence-electron chi connectivity index (χ4n) is 2.72. The number of esters is 1. The van der Waals surface area contributed by atoms with Gasteiger partial charge in [-0.1, -0.05) is 12.1 Å². The Hall–Kier alpha value is -1.55. The molecule has 1 aliphatic heterocycles. The van der Waals surface area contributed by atoms with Crippen LogP contribution in [0.2, 0.25) is 0 Å². The standard InChI is InChI=1S/C17H26N2O2/c1-4-21-17(20)10-7-15-5-8-16(9-6-15)19-12-13(2)18-11-14(19)3/h5-6,8-9,13-14,18H,4,7,10-12H2,1-3H3/t13-,14+/m1/s1. The first-order valence-electron chi connectivity index (χ1n) is 7.84. The van der Waals surface area contributed by atoms with Crippen LogP contribution in [-0.2, 0) is 16.0 Å². The maximum Gasteiger partial charge on any atom is 0.306 e. The van der Waals surface area contributed by atoms with Crippen molar-refractivity contribution in [2.45, 2.75) is 45.7 Å². The van der Waals surface area contributed by atoms with Crippen LogP contribution in [0.3, 0.4) is 0 Å². The largest absolute Gasteiger partial charge is 0.466 e. The van der Waals surface area contributed by atoms with Crippen LogP contribution in [0.15, 0.2) is 24.3 Å². The van der Waals surface area contributed by atoms with Crippen molar-refractivity contribution in [2.75, 3.05) is 24.6 Å². The van der Waals surface area contributed by atoms with Crippen LogP contribution >= 0.6 is 0 Å². The Morgan fingerprint density at radius 3 is 2.71 bits per heavy atom. The highest BCUT2D eigenvalue weighted by molar-refractivity contribution is 5.69. The van der Waals surface area contributed by atoms with Gasteiger partial charge in [-0.25, -0.2) is 0 Å². The topological polar surface area (TPSA) is 41.6 Å². The van der Waals surface area contributed by atoms with Crippen molar-refractivity contribution < 1.29 is 9.53 Å². The molecule has 1 aromatic carbocycles. The number of hydrogen-bond donors (Lipinski definition) is 1. The van der Waals surface area contributed by atoms with Crippen LogP contribution in [0.4, 0.5) is 5.69 Å². The number of nitrogens with zero attached hydrogens (tertiary/aromatic N) is 1. The first kappa shape index (κ1) is 15.8. The van der Waals surface area contributed by atoms with E-state index in [0.29, 0.717) is 25.1 Å². The number of anilines is 1. The normalized spacial score (nSPS) is 22.1. The Balaban J connectivity index is 1.93. The Morgan fingerprint density at radius 2 is 2.05 bits per heavy atom. The number of carbonyl (C=O) groups is 1. The van der Waals surface area contributed by atoms with Crippen molar-refractivity contribution in [3.05, 3.63) is 29.8 Å². The van der Waals surface area contributed by atoms with Crippen LogP contribution in [0.1, 0.15) is 32.8 Å². The van der Waals surface area contributed by atoms with Gasteiger partial charge in [-0.2, -0.15) is 0 Å². The monoisotopic (exact) mass is 290 g/mol. The lowest BCUT2D eigenvalue weighted by molar-refractivity contribution is -0.143. The molecule has 116 valence electrons. The number of nitrogens with one attached hydrogen (secondary N) is 1. The average molecular weight is 290 g/mol. The average Bonchev–Trinajstić information content (AvgIpc) is 2.49. The van der Waals surface area contributed by atoms with Gasteiger partial charge < -0.3 is 15.0 Å². The number of rotatable bonds is 5. The summed E-state index contributed by atoms with van der Waals surface area (Å²) in [6.45, 7) is 8.80. The van der Waals surface area contributed by atoms with Crippen LogP contribution in [0.25, 0.3) is 0 Å². The predicted molar refractivity (Wildman–Crippen MR) is 85.7 cm³/mol. The lowest BCUT2D eigenvalue weighted by Crippen LogP contribution is -2.54. The van der Waals surface area contributed by atoms with Gasteiger partial charge in [0.25, 0.3) is 0 Å². The summed E-state index contributed by atoms with van der Waals surface area (Å²) >= 11 is 0. The third-order valence-electron chi connectivity index (χ3n) is 3.96. The molecule has 0 aliphatic carbocycles. The van der Waals surface area contributed by atoms with E-state index in [4.69, 9.17) is 4.74 Å². The summed E-state index contributed by atoms with van der Waals surface area (Å²) in [5.74, 6) is -0.119. The van der Waals surface area contributed by atoms with E-state index >= 15 is 0 Å². The molecular formula is C17H26N2O2. The molecule has 4 heteroatoms. The summed E-state index contributed by atoms with van der Waals surface area (Å²) in [4.78, 5) is 13.8. The fraction of sp³-hybridized carbons (Fsp3) is 0.588. The molecule has 0 saturated carbocycles. The van der Waals surface area contributed by atoms with Gasteiger partial charge in [0.15, 0.2) is 0 Å². The number of hydrogen-bond acceptors (Lipinski definition) is 4. The molecule has 0 spiro atoms. The van der Waals surface area contributed by atoms with E-state index in [1.807, 2.05) is 6.92 Å². The molecule has 0 unspecified atom stereocenters.